The van der Waals surface area contributed by atoms with Gasteiger partial charge in [0.15, 0.2) is 29.0 Å². The number of nitrogens with zero attached hydrogens (tertiary/aromatic N) is 1. The van der Waals surface area contributed by atoms with Gasteiger partial charge in [-0.3, -0.25) is 4.99 Å². The summed E-state index contributed by atoms with van der Waals surface area (Å²) in [7, 11) is 6.19. The second kappa shape index (κ2) is 12.9. The van der Waals surface area contributed by atoms with Crippen molar-refractivity contribution < 1.29 is 27.7 Å². The minimum atomic E-state index is -2.92. The smallest absolute Gasteiger partial charge is 0.387 e. The molecule has 0 aromatic heterocycles. The number of rotatable bonds is 9. The third-order valence-electron chi connectivity index (χ3n) is 4.02. The van der Waals surface area contributed by atoms with Gasteiger partial charge in [-0.15, -0.1) is 24.0 Å². The van der Waals surface area contributed by atoms with Gasteiger partial charge in [0, 0.05) is 25.3 Å². The number of hydrogen-bond donors (Lipinski definition) is 2. The van der Waals surface area contributed by atoms with E-state index in [-0.39, 0.29) is 35.5 Å². The molecule has 0 aliphatic heterocycles. The van der Waals surface area contributed by atoms with Crippen LogP contribution in [0.3, 0.4) is 0 Å². The van der Waals surface area contributed by atoms with E-state index in [1.807, 2.05) is 6.07 Å². The molecule has 7 nitrogen and oxygen atoms in total. The maximum absolute atomic E-state index is 12.6. The van der Waals surface area contributed by atoms with E-state index >= 15 is 0 Å². The van der Waals surface area contributed by atoms with Crippen LogP contribution in [0, 0.1) is 0 Å². The van der Waals surface area contributed by atoms with Crippen LogP contribution in [0.4, 0.5) is 14.5 Å². The molecule has 0 fully saturated rings. The number of nitrogens with one attached hydrogen (secondary N) is 2. The van der Waals surface area contributed by atoms with E-state index < -0.39 is 6.61 Å². The largest absolute Gasteiger partial charge is 0.493 e. The highest BCUT2D eigenvalue weighted by molar-refractivity contribution is 14.0. The van der Waals surface area contributed by atoms with E-state index in [0.29, 0.717) is 30.4 Å². The summed E-state index contributed by atoms with van der Waals surface area (Å²) in [5, 5.41) is 6.32. The minimum Gasteiger partial charge on any atom is -0.493 e. The molecule has 0 radical (unpaired) electrons. The lowest BCUT2D eigenvalue weighted by molar-refractivity contribution is -0.0512. The third-order valence-corrected chi connectivity index (χ3v) is 4.02. The lowest BCUT2D eigenvalue weighted by Crippen LogP contribution is -2.32. The standard InChI is InChI=1S/C20H25F2N3O4.HI/c1-23-20(25-14-6-8-15(26-2)17(12-14)28-4)24-10-9-13-5-7-16(27-3)18(11-13)29-19(21)22;/h5-8,11-12,19H,9-10H2,1-4H3,(H2,23,24,25);1H. The van der Waals surface area contributed by atoms with Gasteiger partial charge in [0.25, 0.3) is 0 Å². The Bertz CT molecular complexity index is 838. The molecule has 2 aromatic carbocycles. The van der Waals surface area contributed by atoms with Crippen molar-refractivity contribution in [1.82, 2.24) is 5.32 Å². The maximum Gasteiger partial charge on any atom is 0.387 e. The summed E-state index contributed by atoms with van der Waals surface area (Å²) in [5.74, 6) is 2.04. The van der Waals surface area contributed by atoms with E-state index in [9.17, 15) is 8.78 Å². The fourth-order valence-corrected chi connectivity index (χ4v) is 2.62. The Morgan fingerprint density at radius 1 is 0.933 bits per heavy atom. The van der Waals surface area contributed by atoms with Gasteiger partial charge in [0.1, 0.15) is 0 Å². The van der Waals surface area contributed by atoms with Gasteiger partial charge in [0.2, 0.25) is 0 Å². The molecule has 0 spiro atoms. The predicted octanol–water partition coefficient (Wildman–Crippen LogP) is 4.16. The van der Waals surface area contributed by atoms with Gasteiger partial charge >= 0.3 is 6.61 Å². The number of aliphatic imine (C=N–C) groups is 1. The number of alkyl halides is 2. The van der Waals surface area contributed by atoms with Gasteiger partial charge < -0.3 is 29.6 Å². The maximum atomic E-state index is 12.6. The summed E-state index contributed by atoms with van der Waals surface area (Å²) in [4.78, 5) is 4.18. The normalized spacial score (nSPS) is 10.8. The molecular formula is C20H26F2IN3O4. The number of guanidine groups is 1. The van der Waals surface area contributed by atoms with Gasteiger partial charge in [-0.25, -0.2) is 0 Å². The number of anilines is 1. The zero-order valence-electron chi connectivity index (χ0n) is 17.2. The van der Waals surface area contributed by atoms with Crippen molar-refractivity contribution in [2.75, 3.05) is 40.2 Å². The van der Waals surface area contributed by atoms with Crippen LogP contribution in [0.1, 0.15) is 5.56 Å². The highest BCUT2D eigenvalue weighted by atomic mass is 127. The van der Waals surface area contributed by atoms with Crippen LogP contribution in [0.2, 0.25) is 0 Å². The van der Waals surface area contributed by atoms with Crippen LogP contribution >= 0.6 is 24.0 Å². The van der Waals surface area contributed by atoms with Gasteiger partial charge in [-0.1, -0.05) is 6.07 Å². The molecule has 0 heterocycles. The van der Waals surface area contributed by atoms with Gasteiger partial charge in [0.05, 0.1) is 21.3 Å². The quantitative estimate of drug-likeness (QED) is 0.285. The summed E-state index contributed by atoms with van der Waals surface area (Å²) in [6.07, 6.45) is 0.566. The average molecular weight is 537 g/mol. The fourth-order valence-electron chi connectivity index (χ4n) is 2.62. The predicted molar refractivity (Wildman–Crippen MR) is 123 cm³/mol. The molecular weight excluding hydrogens is 511 g/mol. The summed E-state index contributed by atoms with van der Waals surface area (Å²) in [5.41, 5.74) is 1.59. The molecule has 0 aliphatic rings. The first-order valence-electron chi connectivity index (χ1n) is 8.82. The highest BCUT2D eigenvalue weighted by Crippen LogP contribution is 2.30. The first-order valence-corrected chi connectivity index (χ1v) is 8.82. The Labute approximate surface area is 191 Å². The topological polar surface area (TPSA) is 73.3 Å². The zero-order valence-corrected chi connectivity index (χ0v) is 19.5. The molecule has 0 bridgehead atoms. The lowest BCUT2D eigenvalue weighted by Gasteiger charge is -2.15. The lowest BCUT2D eigenvalue weighted by atomic mass is 10.1. The first kappa shape index (κ1) is 25.5. The Balaban J connectivity index is 0.00000450. The monoisotopic (exact) mass is 537 g/mol. The second-order valence-corrected chi connectivity index (χ2v) is 5.81. The number of halogens is 3. The van der Waals surface area contributed by atoms with Crippen LogP contribution in [-0.4, -0.2) is 47.5 Å². The molecule has 0 saturated carbocycles. The second-order valence-electron chi connectivity index (χ2n) is 5.81. The molecule has 0 amide bonds. The third kappa shape index (κ3) is 7.39. The molecule has 0 atom stereocenters. The summed E-state index contributed by atoms with van der Waals surface area (Å²) >= 11 is 0. The summed E-state index contributed by atoms with van der Waals surface area (Å²) in [6, 6.07) is 10.4. The van der Waals surface area contributed by atoms with Crippen LogP contribution in [0.15, 0.2) is 41.4 Å². The highest BCUT2D eigenvalue weighted by Gasteiger charge is 2.11. The van der Waals surface area contributed by atoms with Crippen LogP contribution in [0.25, 0.3) is 0 Å². The van der Waals surface area contributed by atoms with E-state index in [1.54, 1.807) is 45.5 Å². The molecule has 0 unspecified atom stereocenters. The van der Waals surface area contributed by atoms with Crippen molar-refractivity contribution in [1.29, 1.82) is 0 Å². The van der Waals surface area contributed by atoms with Crippen molar-refractivity contribution in [3.8, 4) is 23.0 Å². The van der Waals surface area contributed by atoms with Crippen molar-refractivity contribution in [3.05, 3.63) is 42.0 Å². The van der Waals surface area contributed by atoms with Gasteiger partial charge in [-0.2, -0.15) is 8.78 Å². The molecule has 2 N–H and O–H groups in total. The number of benzene rings is 2. The van der Waals surface area contributed by atoms with Crippen LogP contribution < -0.4 is 29.6 Å². The van der Waals surface area contributed by atoms with Crippen LogP contribution in [-0.2, 0) is 6.42 Å². The van der Waals surface area contributed by atoms with Crippen molar-refractivity contribution in [3.63, 3.8) is 0 Å². The van der Waals surface area contributed by atoms with Crippen molar-refractivity contribution in [2.24, 2.45) is 4.99 Å². The summed E-state index contributed by atoms with van der Waals surface area (Å²) in [6.45, 7) is -2.39. The van der Waals surface area contributed by atoms with E-state index in [0.717, 1.165) is 11.3 Å². The molecule has 166 valence electrons. The molecule has 0 saturated heterocycles. The molecule has 30 heavy (non-hydrogen) atoms. The fraction of sp³-hybridized carbons (Fsp3) is 0.350. The minimum absolute atomic E-state index is 0. The van der Waals surface area contributed by atoms with Crippen molar-refractivity contribution >= 4 is 35.6 Å². The van der Waals surface area contributed by atoms with E-state index in [4.69, 9.17) is 14.2 Å². The number of methoxy groups -OCH3 is 3. The van der Waals surface area contributed by atoms with E-state index in [1.165, 1.54) is 13.2 Å². The molecule has 2 rings (SSSR count). The Morgan fingerprint density at radius 2 is 1.57 bits per heavy atom. The molecule has 2 aromatic rings. The Hall–Kier alpha value is -2.50. The number of hydrogen-bond acceptors (Lipinski definition) is 5. The first-order chi connectivity index (χ1) is 14.0. The summed E-state index contributed by atoms with van der Waals surface area (Å²) < 4.78 is 45.2. The Morgan fingerprint density at radius 3 is 2.17 bits per heavy atom. The van der Waals surface area contributed by atoms with Crippen LogP contribution in [0.5, 0.6) is 23.0 Å². The number of ether oxygens (including phenoxy) is 4. The molecule has 10 heteroatoms. The van der Waals surface area contributed by atoms with E-state index in [2.05, 4.69) is 20.4 Å². The zero-order chi connectivity index (χ0) is 21.2. The van der Waals surface area contributed by atoms with Gasteiger partial charge in [-0.05, 0) is 36.2 Å². The Kier molecular flexibility index (Phi) is 11.0. The van der Waals surface area contributed by atoms with Crippen molar-refractivity contribution in [2.45, 2.75) is 13.0 Å². The SMILES string of the molecule is CN=C(NCCc1ccc(OC)c(OC(F)F)c1)Nc1ccc(OC)c(OC)c1.I. The molecule has 0 aliphatic carbocycles. The average Bonchev–Trinajstić information content (AvgIpc) is 2.72.